The van der Waals surface area contributed by atoms with Crippen molar-refractivity contribution in [1.29, 1.82) is 0 Å². The van der Waals surface area contributed by atoms with Crippen LogP contribution in [0.3, 0.4) is 0 Å². The highest BCUT2D eigenvalue weighted by Crippen LogP contribution is 2.25. The molecule has 0 bridgehead atoms. The summed E-state index contributed by atoms with van der Waals surface area (Å²) in [6.07, 6.45) is 4.32. The standard InChI is InChI=1S/C13H26N2O2/c1-10(14)9-15(11-7-5-6-8-11)12(16)17-13(2,3)4/h10-11H,5-9,14H2,1-4H3. The second kappa shape index (κ2) is 5.71. The Morgan fingerprint density at radius 1 is 1.41 bits per heavy atom. The van der Waals surface area contributed by atoms with Gasteiger partial charge in [0.1, 0.15) is 5.60 Å². The van der Waals surface area contributed by atoms with E-state index in [0.717, 1.165) is 12.8 Å². The molecule has 1 rings (SSSR count). The van der Waals surface area contributed by atoms with Crippen molar-refractivity contribution in [3.05, 3.63) is 0 Å². The molecule has 4 heteroatoms. The minimum absolute atomic E-state index is 0.0110. The van der Waals surface area contributed by atoms with Crippen molar-refractivity contribution in [2.45, 2.75) is 71.1 Å². The van der Waals surface area contributed by atoms with Gasteiger partial charge in [-0.1, -0.05) is 12.8 Å². The fourth-order valence-corrected chi connectivity index (χ4v) is 2.22. The molecule has 0 spiro atoms. The van der Waals surface area contributed by atoms with Gasteiger partial charge in [-0.3, -0.25) is 0 Å². The minimum Gasteiger partial charge on any atom is -0.444 e. The maximum absolute atomic E-state index is 12.1. The van der Waals surface area contributed by atoms with Crippen LogP contribution in [0.2, 0.25) is 0 Å². The van der Waals surface area contributed by atoms with Crippen LogP contribution >= 0.6 is 0 Å². The predicted molar refractivity (Wildman–Crippen MR) is 68.8 cm³/mol. The van der Waals surface area contributed by atoms with Gasteiger partial charge < -0.3 is 15.4 Å². The van der Waals surface area contributed by atoms with E-state index in [1.807, 2.05) is 32.6 Å². The molecule has 1 aliphatic rings. The van der Waals surface area contributed by atoms with Crippen molar-refractivity contribution in [3.63, 3.8) is 0 Å². The third kappa shape index (κ3) is 4.94. The summed E-state index contributed by atoms with van der Waals surface area (Å²) >= 11 is 0. The van der Waals surface area contributed by atoms with Gasteiger partial charge in [0.2, 0.25) is 0 Å². The summed E-state index contributed by atoms with van der Waals surface area (Å²) in [5, 5.41) is 0. The molecule has 4 nitrogen and oxygen atoms in total. The Labute approximate surface area is 104 Å². The highest BCUT2D eigenvalue weighted by atomic mass is 16.6. The smallest absolute Gasteiger partial charge is 0.410 e. The highest BCUT2D eigenvalue weighted by Gasteiger charge is 2.30. The van der Waals surface area contributed by atoms with E-state index >= 15 is 0 Å². The molecule has 1 fully saturated rings. The molecule has 1 atom stereocenters. The van der Waals surface area contributed by atoms with Crippen LogP contribution in [0.4, 0.5) is 4.79 Å². The van der Waals surface area contributed by atoms with Crippen molar-refractivity contribution < 1.29 is 9.53 Å². The SMILES string of the molecule is CC(N)CN(C(=O)OC(C)(C)C)C1CCCC1. The zero-order valence-corrected chi connectivity index (χ0v) is 11.5. The van der Waals surface area contributed by atoms with E-state index in [0.29, 0.717) is 12.6 Å². The van der Waals surface area contributed by atoms with Gasteiger partial charge >= 0.3 is 6.09 Å². The van der Waals surface area contributed by atoms with E-state index in [-0.39, 0.29) is 12.1 Å². The normalized spacial score (nSPS) is 19.1. The quantitative estimate of drug-likeness (QED) is 0.827. The number of carbonyl (C=O) groups is 1. The molecule has 0 aromatic heterocycles. The minimum atomic E-state index is -0.439. The van der Waals surface area contributed by atoms with Crippen LogP contribution in [0, 0.1) is 0 Å². The molecule has 0 radical (unpaired) electrons. The van der Waals surface area contributed by atoms with E-state index in [1.54, 1.807) is 0 Å². The maximum atomic E-state index is 12.1. The Morgan fingerprint density at radius 2 is 1.94 bits per heavy atom. The molecule has 2 N–H and O–H groups in total. The second-order valence-electron chi connectivity index (χ2n) is 6.05. The van der Waals surface area contributed by atoms with E-state index < -0.39 is 5.60 Å². The fourth-order valence-electron chi connectivity index (χ4n) is 2.22. The van der Waals surface area contributed by atoms with E-state index in [1.165, 1.54) is 12.8 Å². The van der Waals surface area contributed by atoms with Crippen molar-refractivity contribution >= 4 is 6.09 Å². The van der Waals surface area contributed by atoms with Crippen LogP contribution in [-0.2, 0) is 4.74 Å². The maximum Gasteiger partial charge on any atom is 0.410 e. The summed E-state index contributed by atoms with van der Waals surface area (Å²) in [6, 6.07) is 0.305. The number of nitrogens with zero attached hydrogens (tertiary/aromatic N) is 1. The number of rotatable bonds is 3. The van der Waals surface area contributed by atoms with Gasteiger partial charge in [0.15, 0.2) is 0 Å². The predicted octanol–water partition coefficient (Wildman–Crippen LogP) is 2.51. The van der Waals surface area contributed by atoms with Crippen molar-refractivity contribution in [1.82, 2.24) is 4.90 Å². The van der Waals surface area contributed by atoms with Gasteiger partial charge in [-0.25, -0.2) is 4.79 Å². The first-order chi connectivity index (χ1) is 7.79. The topological polar surface area (TPSA) is 55.6 Å². The third-order valence-electron chi connectivity index (χ3n) is 2.88. The molecule has 0 aromatic rings. The summed E-state index contributed by atoms with van der Waals surface area (Å²) in [4.78, 5) is 14.0. The molecule has 1 amide bonds. The van der Waals surface area contributed by atoms with Gasteiger partial charge in [0.25, 0.3) is 0 Å². The molecular formula is C13H26N2O2. The Balaban J connectivity index is 2.64. The molecule has 100 valence electrons. The molecule has 0 aromatic carbocycles. The zero-order chi connectivity index (χ0) is 13.1. The first-order valence-corrected chi connectivity index (χ1v) is 6.55. The van der Waals surface area contributed by atoms with Crippen LogP contribution in [0.5, 0.6) is 0 Å². The molecule has 1 aliphatic carbocycles. The van der Waals surface area contributed by atoms with Crippen molar-refractivity contribution in [2.24, 2.45) is 5.73 Å². The lowest BCUT2D eigenvalue weighted by Crippen LogP contribution is -2.47. The largest absolute Gasteiger partial charge is 0.444 e. The highest BCUT2D eigenvalue weighted by molar-refractivity contribution is 5.68. The van der Waals surface area contributed by atoms with Crippen LogP contribution in [-0.4, -0.2) is 35.2 Å². The van der Waals surface area contributed by atoms with E-state index in [9.17, 15) is 4.79 Å². The molecule has 0 saturated heterocycles. The summed E-state index contributed by atoms with van der Waals surface area (Å²) < 4.78 is 5.44. The van der Waals surface area contributed by atoms with Gasteiger partial charge in [0.05, 0.1) is 0 Å². The van der Waals surface area contributed by atoms with Crippen LogP contribution in [0.15, 0.2) is 0 Å². The van der Waals surface area contributed by atoms with Gasteiger partial charge in [-0.2, -0.15) is 0 Å². The molecular weight excluding hydrogens is 216 g/mol. The average molecular weight is 242 g/mol. The number of hydrogen-bond donors (Lipinski definition) is 1. The molecule has 1 unspecified atom stereocenters. The lowest BCUT2D eigenvalue weighted by atomic mass is 10.2. The zero-order valence-electron chi connectivity index (χ0n) is 11.5. The van der Waals surface area contributed by atoms with Gasteiger partial charge in [-0.15, -0.1) is 0 Å². The van der Waals surface area contributed by atoms with E-state index in [2.05, 4.69) is 0 Å². The number of nitrogens with two attached hydrogens (primary N) is 1. The van der Waals surface area contributed by atoms with Gasteiger partial charge in [-0.05, 0) is 40.5 Å². The lowest BCUT2D eigenvalue weighted by molar-refractivity contribution is 0.0155. The first kappa shape index (κ1) is 14.3. The lowest BCUT2D eigenvalue weighted by Gasteiger charge is -2.32. The average Bonchev–Trinajstić information content (AvgIpc) is 2.63. The van der Waals surface area contributed by atoms with Crippen LogP contribution in [0.25, 0.3) is 0 Å². The van der Waals surface area contributed by atoms with Crippen molar-refractivity contribution in [2.75, 3.05) is 6.54 Å². The summed E-state index contributed by atoms with van der Waals surface area (Å²) in [5.74, 6) is 0. The van der Waals surface area contributed by atoms with E-state index in [4.69, 9.17) is 10.5 Å². The van der Waals surface area contributed by atoms with Crippen molar-refractivity contribution in [3.8, 4) is 0 Å². The number of hydrogen-bond acceptors (Lipinski definition) is 3. The van der Waals surface area contributed by atoms with Crippen LogP contribution in [0.1, 0.15) is 53.4 Å². The fraction of sp³-hybridized carbons (Fsp3) is 0.923. The molecule has 0 heterocycles. The van der Waals surface area contributed by atoms with Gasteiger partial charge in [0, 0.05) is 18.6 Å². The Bertz CT molecular complexity index is 253. The molecule has 1 saturated carbocycles. The molecule has 17 heavy (non-hydrogen) atoms. The summed E-state index contributed by atoms with van der Waals surface area (Å²) in [6.45, 7) is 8.18. The monoisotopic (exact) mass is 242 g/mol. The second-order valence-corrected chi connectivity index (χ2v) is 6.05. The molecule has 0 aliphatic heterocycles. The third-order valence-corrected chi connectivity index (χ3v) is 2.88. The summed E-state index contributed by atoms with van der Waals surface area (Å²) in [7, 11) is 0. The number of carbonyl (C=O) groups excluding carboxylic acids is 1. The Kier molecular flexibility index (Phi) is 4.80. The number of amides is 1. The number of ether oxygens (including phenoxy) is 1. The first-order valence-electron chi connectivity index (χ1n) is 6.55. The Hall–Kier alpha value is -0.770. The van der Waals surface area contributed by atoms with Crippen LogP contribution < -0.4 is 5.73 Å². The summed E-state index contributed by atoms with van der Waals surface area (Å²) in [5.41, 5.74) is 5.37. The Morgan fingerprint density at radius 3 is 2.35 bits per heavy atom.